The second-order valence-corrected chi connectivity index (χ2v) is 7.51. The zero-order valence-electron chi connectivity index (χ0n) is 15.6. The highest BCUT2D eigenvalue weighted by atomic mass is 16.2. The van der Waals surface area contributed by atoms with Gasteiger partial charge in [0.2, 0.25) is 5.91 Å². The Morgan fingerprint density at radius 1 is 1.35 bits per heavy atom. The lowest BCUT2D eigenvalue weighted by molar-refractivity contribution is -0.137. The fraction of sp³-hybridized carbons (Fsp3) is 0.526. The third-order valence-corrected chi connectivity index (χ3v) is 4.81. The van der Waals surface area contributed by atoms with E-state index in [2.05, 4.69) is 15.6 Å². The van der Waals surface area contributed by atoms with E-state index in [9.17, 15) is 4.79 Å². The molecule has 2 heterocycles. The van der Waals surface area contributed by atoms with E-state index in [-0.39, 0.29) is 5.91 Å². The van der Waals surface area contributed by atoms with Crippen LogP contribution in [0.1, 0.15) is 32.4 Å². The molecule has 140 valence electrons. The first-order valence-electron chi connectivity index (χ1n) is 9.19. The number of aromatic nitrogens is 3. The number of para-hydroxylation sites is 1. The highest BCUT2D eigenvalue weighted by Crippen LogP contribution is 2.23. The van der Waals surface area contributed by atoms with Crippen LogP contribution in [0.4, 0.5) is 5.69 Å². The molecule has 2 aromatic rings. The Kier molecular flexibility index (Phi) is 5.56. The zero-order chi connectivity index (χ0) is 18.6. The van der Waals surface area contributed by atoms with E-state index in [1.54, 1.807) is 0 Å². The van der Waals surface area contributed by atoms with E-state index in [1.807, 2.05) is 60.0 Å². The molecule has 1 unspecified atom stereocenters. The summed E-state index contributed by atoms with van der Waals surface area (Å²) in [7, 11) is 0. The number of nitrogens with two attached hydrogens (primary N) is 1. The van der Waals surface area contributed by atoms with E-state index in [1.165, 1.54) is 0 Å². The molecule has 1 aliphatic rings. The van der Waals surface area contributed by atoms with E-state index < -0.39 is 5.54 Å². The predicted octanol–water partition coefficient (Wildman–Crippen LogP) is 1.87. The smallest absolute Gasteiger partial charge is 0.247 e. The minimum atomic E-state index is -0.650. The number of hydrogen-bond donors (Lipinski definition) is 2. The number of benzene rings is 1. The summed E-state index contributed by atoms with van der Waals surface area (Å²) in [5.41, 5.74) is 6.69. The Labute approximate surface area is 154 Å². The van der Waals surface area contributed by atoms with Gasteiger partial charge in [-0.3, -0.25) is 9.48 Å². The van der Waals surface area contributed by atoms with Gasteiger partial charge in [-0.2, -0.15) is 0 Å². The maximum atomic E-state index is 13.1. The van der Waals surface area contributed by atoms with Crippen molar-refractivity contribution in [2.75, 3.05) is 18.4 Å². The van der Waals surface area contributed by atoms with Crippen molar-refractivity contribution in [2.24, 2.45) is 11.7 Å². The highest BCUT2D eigenvalue weighted by molar-refractivity contribution is 5.88. The predicted molar refractivity (Wildman–Crippen MR) is 101 cm³/mol. The monoisotopic (exact) mass is 356 g/mol. The summed E-state index contributed by atoms with van der Waals surface area (Å²) in [6.45, 7) is 6.60. The van der Waals surface area contributed by atoms with Gasteiger partial charge in [0.05, 0.1) is 5.69 Å². The molecule has 1 amide bonds. The lowest BCUT2D eigenvalue weighted by atomic mass is 9.95. The van der Waals surface area contributed by atoms with Crippen LogP contribution < -0.4 is 11.1 Å². The van der Waals surface area contributed by atoms with Gasteiger partial charge in [0.25, 0.3) is 0 Å². The Morgan fingerprint density at radius 2 is 2.12 bits per heavy atom. The van der Waals surface area contributed by atoms with Crippen LogP contribution in [0.2, 0.25) is 0 Å². The van der Waals surface area contributed by atoms with E-state index in [4.69, 9.17) is 5.73 Å². The Hall–Kier alpha value is -2.41. The molecule has 7 nitrogen and oxygen atoms in total. The van der Waals surface area contributed by atoms with Gasteiger partial charge in [0, 0.05) is 38.1 Å². The summed E-state index contributed by atoms with van der Waals surface area (Å²) in [5.74, 6) is 0.514. The maximum Gasteiger partial charge on any atom is 0.247 e. The standard InChI is InChI=1S/C19H28N6O/c1-19(2,21-16-8-4-3-5-9-16)18(26)24-10-6-7-15(12-24)13-25-14-17(11-20)22-23-25/h3-5,8-9,14-15,21H,6-7,10-13,20H2,1-2H3. The molecular formula is C19H28N6O. The molecule has 3 N–H and O–H groups in total. The maximum absolute atomic E-state index is 13.1. The number of nitrogens with one attached hydrogen (secondary N) is 1. The van der Waals surface area contributed by atoms with Crippen LogP contribution in [0.5, 0.6) is 0 Å². The van der Waals surface area contributed by atoms with Crippen LogP contribution in [0.25, 0.3) is 0 Å². The van der Waals surface area contributed by atoms with Crippen molar-refractivity contribution in [2.45, 2.75) is 45.3 Å². The lowest BCUT2D eigenvalue weighted by Gasteiger charge is -2.38. The number of carbonyl (C=O) groups is 1. The van der Waals surface area contributed by atoms with Crippen molar-refractivity contribution in [3.05, 3.63) is 42.2 Å². The van der Waals surface area contributed by atoms with Crippen LogP contribution in [-0.4, -0.2) is 44.4 Å². The second-order valence-electron chi connectivity index (χ2n) is 7.51. The number of anilines is 1. The molecule has 0 spiro atoms. The lowest BCUT2D eigenvalue weighted by Crippen LogP contribution is -2.53. The summed E-state index contributed by atoms with van der Waals surface area (Å²) in [4.78, 5) is 15.1. The third kappa shape index (κ3) is 4.40. The molecule has 0 radical (unpaired) electrons. The SMILES string of the molecule is CC(C)(Nc1ccccc1)C(=O)N1CCCC(Cn2cc(CN)nn2)C1. The first-order valence-corrected chi connectivity index (χ1v) is 9.19. The van der Waals surface area contributed by atoms with Crippen LogP contribution in [0.15, 0.2) is 36.5 Å². The zero-order valence-corrected chi connectivity index (χ0v) is 15.6. The molecule has 0 bridgehead atoms. The molecule has 1 fully saturated rings. The number of amides is 1. The van der Waals surface area contributed by atoms with Gasteiger partial charge in [-0.15, -0.1) is 5.10 Å². The largest absolute Gasteiger partial charge is 0.372 e. The minimum absolute atomic E-state index is 0.132. The molecule has 1 atom stereocenters. The highest BCUT2D eigenvalue weighted by Gasteiger charge is 2.34. The first-order chi connectivity index (χ1) is 12.5. The van der Waals surface area contributed by atoms with Crippen LogP contribution in [-0.2, 0) is 17.9 Å². The number of hydrogen-bond acceptors (Lipinski definition) is 5. The summed E-state index contributed by atoms with van der Waals surface area (Å²) in [6, 6.07) is 9.86. The topological polar surface area (TPSA) is 89.1 Å². The first kappa shape index (κ1) is 18.4. The van der Waals surface area contributed by atoms with Crippen molar-refractivity contribution in [3.63, 3.8) is 0 Å². The molecule has 7 heteroatoms. The van der Waals surface area contributed by atoms with E-state index in [0.717, 1.165) is 43.9 Å². The second kappa shape index (κ2) is 7.86. The minimum Gasteiger partial charge on any atom is -0.372 e. The van der Waals surface area contributed by atoms with Crippen molar-refractivity contribution in [3.8, 4) is 0 Å². The van der Waals surface area contributed by atoms with Gasteiger partial charge in [-0.25, -0.2) is 0 Å². The summed E-state index contributed by atoms with van der Waals surface area (Å²) >= 11 is 0. The van der Waals surface area contributed by atoms with Crippen molar-refractivity contribution >= 4 is 11.6 Å². The van der Waals surface area contributed by atoms with Crippen molar-refractivity contribution in [1.29, 1.82) is 0 Å². The molecule has 1 aromatic heterocycles. The van der Waals surface area contributed by atoms with Gasteiger partial charge < -0.3 is 16.0 Å². The van der Waals surface area contributed by atoms with Crippen LogP contribution in [0, 0.1) is 5.92 Å². The summed E-state index contributed by atoms with van der Waals surface area (Å²) in [6.07, 6.45) is 3.99. The number of rotatable bonds is 6. The average Bonchev–Trinajstić information content (AvgIpc) is 3.09. The number of likely N-dealkylation sites (tertiary alicyclic amines) is 1. The molecule has 1 saturated heterocycles. The molecular weight excluding hydrogens is 328 g/mol. The van der Waals surface area contributed by atoms with Gasteiger partial charge >= 0.3 is 0 Å². The summed E-state index contributed by atoms with van der Waals surface area (Å²) in [5, 5.41) is 11.5. The van der Waals surface area contributed by atoms with Crippen molar-refractivity contribution < 1.29 is 4.79 Å². The number of carbonyl (C=O) groups excluding carboxylic acids is 1. The Balaban J connectivity index is 1.61. The molecule has 1 aliphatic heterocycles. The quantitative estimate of drug-likeness (QED) is 0.825. The number of nitrogens with zero attached hydrogens (tertiary/aromatic N) is 4. The Bertz CT molecular complexity index is 727. The van der Waals surface area contributed by atoms with Gasteiger partial charge in [0.15, 0.2) is 0 Å². The molecule has 1 aromatic carbocycles. The van der Waals surface area contributed by atoms with Crippen LogP contribution >= 0.6 is 0 Å². The van der Waals surface area contributed by atoms with Gasteiger partial charge in [-0.1, -0.05) is 23.4 Å². The molecule has 3 rings (SSSR count). The normalized spacial score (nSPS) is 18.0. The Morgan fingerprint density at radius 3 is 2.81 bits per heavy atom. The third-order valence-electron chi connectivity index (χ3n) is 4.81. The molecule has 0 aliphatic carbocycles. The summed E-state index contributed by atoms with van der Waals surface area (Å²) < 4.78 is 1.84. The van der Waals surface area contributed by atoms with Gasteiger partial charge in [-0.05, 0) is 44.7 Å². The molecule has 26 heavy (non-hydrogen) atoms. The van der Waals surface area contributed by atoms with Crippen LogP contribution in [0.3, 0.4) is 0 Å². The molecule has 0 saturated carbocycles. The average molecular weight is 356 g/mol. The fourth-order valence-electron chi connectivity index (χ4n) is 3.52. The van der Waals surface area contributed by atoms with E-state index in [0.29, 0.717) is 12.5 Å². The van der Waals surface area contributed by atoms with Crippen molar-refractivity contribution in [1.82, 2.24) is 19.9 Å². The van der Waals surface area contributed by atoms with Gasteiger partial charge in [0.1, 0.15) is 5.54 Å². The fourth-order valence-corrected chi connectivity index (χ4v) is 3.52. The number of piperidine rings is 1. The van der Waals surface area contributed by atoms with E-state index >= 15 is 0 Å².